The summed E-state index contributed by atoms with van der Waals surface area (Å²) < 4.78 is 3.01. The summed E-state index contributed by atoms with van der Waals surface area (Å²) in [4.78, 5) is 42.5. The maximum Gasteiger partial charge on any atom is 0.279 e. The van der Waals surface area contributed by atoms with E-state index >= 15 is 0 Å². The van der Waals surface area contributed by atoms with Gasteiger partial charge in [-0.3, -0.25) is 19.3 Å². The van der Waals surface area contributed by atoms with Crippen LogP contribution in [0.15, 0.2) is 60.1 Å². The average Bonchev–Trinajstić information content (AvgIpc) is 3.21. The molecule has 146 valence electrons. The van der Waals surface area contributed by atoms with E-state index in [0.717, 1.165) is 20.7 Å². The van der Waals surface area contributed by atoms with Crippen molar-refractivity contribution in [3.05, 3.63) is 71.0 Å². The minimum atomic E-state index is -0.378. The fraction of sp³-hybridized carbons (Fsp3) is 0.182. The number of amides is 3. The zero-order chi connectivity index (χ0) is 20.5. The number of aryl methyl sites for hydroxylation is 1. The van der Waals surface area contributed by atoms with E-state index in [0.29, 0.717) is 22.6 Å². The van der Waals surface area contributed by atoms with Gasteiger partial charge in [0.1, 0.15) is 0 Å². The van der Waals surface area contributed by atoms with Gasteiger partial charge in [-0.1, -0.05) is 23.5 Å². The van der Waals surface area contributed by atoms with Gasteiger partial charge in [-0.25, -0.2) is 0 Å². The van der Waals surface area contributed by atoms with Gasteiger partial charge < -0.3 is 4.57 Å². The zero-order valence-corrected chi connectivity index (χ0v) is 16.7. The number of aromatic nitrogens is 1. The highest BCUT2D eigenvalue weighted by Crippen LogP contribution is 2.23. The first kappa shape index (κ1) is 19.0. The second-order valence-electron chi connectivity index (χ2n) is 6.84. The van der Waals surface area contributed by atoms with Crippen molar-refractivity contribution in [3.63, 3.8) is 0 Å². The third-order valence-corrected chi connectivity index (χ3v) is 5.81. The van der Waals surface area contributed by atoms with Crippen molar-refractivity contribution in [1.82, 2.24) is 4.57 Å². The number of fused-ring (bicyclic) bond motifs is 1. The molecule has 1 aromatic heterocycles. The Hall–Kier alpha value is -3.32. The highest BCUT2D eigenvalue weighted by molar-refractivity contribution is 7.16. The van der Waals surface area contributed by atoms with E-state index in [-0.39, 0.29) is 30.6 Å². The number of imide groups is 1. The largest absolute Gasteiger partial charge is 0.312 e. The Kier molecular flexibility index (Phi) is 4.98. The number of benzene rings is 2. The highest BCUT2D eigenvalue weighted by atomic mass is 32.1. The minimum Gasteiger partial charge on any atom is -0.312 e. The van der Waals surface area contributed by atoms with Gasteiger partial charge >= 0.3 is 0 Å². The Bertz CT molecular complexity index is 1200. The number of thiazole rings is 1. The van der Waals surface area contributed by atoms with Crippen molar-refractivity contribution < 1.29 is 14.4 Å². The molecule has 1 aliphatic rings. The molecule has 3 aromatic rings. The molecule has 3 amide bonds. The highest BCUT2D eigenvalue weighted by Gasteiger charge is 2.30. The number of nitrogens with zero attached hydrogens (tertiary/aromatic N) is 3. The molecule has 2 heterocycles. The molecule has 1 fully saturated rings. The number of allylic oxidation sites excluding steroid dienone is 1. The lowest BCUT2D eigenvalue weighted by atomic mass is 10.2. The van der Waals surface area contributed by atoms with Gasteiger partial charge in [-0.15, -0.1) is 6.58 Å². The topological polar surface area (TPSA) is 71.7 Å². The van der Waals surface area contributed by atoms with Crippen LogP contribution in [-0.2, 0) is 16.1 Å². The predicted molar refractivity (Wildman–Crippen MR) is 113 cm³/mol. The van der Waals surface area contributed by atoms with E-state index < -0.39 is 0 Å². The monoisotopic (exact) mass is 405 g/mol. The van der Waals surface area contributed by atoms with E-state index in [4.69, 9.17) is 0 Å². The Morgan fingerprint density at radius 3 is 2.48 bits per heavy atom. The second-order valence-corrected chi connectivity index (χ2v) is 7.85. The first-order valence-corrected chi connectivity index (χ1v) is 10.1. The molecule has 0 radical (unpaired) electrons. The summed E-state index contributed by atoms with van der Waals surface area (Å²) in [6, 6.07) is 12.5. The number of carbonyl (C=O) groups is 3. The second kappa shape index (κ2) is 7.60. The fourth-order valence-corrected chi connectivity index (χ4v) is 4.48. The smallest absolute Gasteiger partial charge is 0.279 e. The van der Waals surface area contributed by atoms with E-state index in [9.17, 15) is 14.4 Å². The van der Waals surface area contributed by atoms with Gasteiger partial charge in [0, 0.05) is 24.9 Å². The van der Waals surface area contributed by atoms with Gasteiger partial charge in [0.15, 0.2) is 4.80 Å². The van der Waals surface area contributed by atoms with E-state index in [1.54, 1.807) is 30.3 Å². The first-order valence-electron chi connectivity index (χ1n) is 9.24. The SMILES string of the molecule is C=CCn1c(=NC(=O)c2ccc(N3C(=O)CCC3=O)cc2)sc2cc(C)ccc21. The molecule has 0 aliphatic carbocycles. The molecule has 0 spiro atoms. The molecule has 0 N–H and O–H groups in total. The lowest BCUT2D eigenvalue weighted by Crippen LogP contribution is -2.28. The van der Waals surface area contributed by atoms with E-state index in [1.807, 2.05) is 23.6 Å². The van der Waals surface area contributed by atoms with Crippen LogP contribution in [0.4, 0.5) is 5.69 Å². The summed E-state index contributed by atoms with van der Waals surface area (Å²) in [6.07, 6.45) is 2.22. The summed E-state index contributed by atoms with van der Waals surface area (Å²) in [5, 5.41) is 0. The van der Waals surface area contributed by atoms with Crippen molar-refractivity contribution in [2.75, 3.05) is 4.90 Å². The minimum absolute atomic E-state index is 0.218. The number of hydrogen-bond acceptors (Lipinski definition) is 4. The molecular formula is C22H19N3O3S. The van der Waals surface area contributed by atoms with Crippen molar-refractivity contribution in [2.45, 2.75) is 26.3 Å². The molecule has 1 saturated heterocycles. The molecule has 2 aromatic carbocycles. The van der Waals surface area contributed by atoms with Crippen LogP contribution >= 0.6 is 11.3 Å². The molecule has 0 unspecified atom stereocenters. The molecule has 4 rings (SSSR count). The van der Waals surface area contributed by atoms with Crippen LogP contribution in [-0.4, -0.2) is 22.3 Å². The van der Waals surface area contributed by atoms with E-state index in [1.165, 1.54) is 11.3 Å². The molecule has 0 atom stereocenters. The number of hydrogen-bond donors (Lipinski definition) is 0. The Labute approximate surface area is 171 Å². The van der Waals surface area contributed by atoms with Gasteiger partial charge in [-0.2, -0.15) is 4.99 Å². The molecule has 6 nitrogen and oxygen atoms in total. The quantitative estimate of drug-likeness (QED) is 0.492. The summed E-state index contributed by atoms with van der Waals surface area (Å²) in [6.45, 7) is 6.37. The van der Waals surface area contributed by atoms with Crippen molar-refractivity contribution in [3.8, 4) is 0 Å². The van der Waals surface area contributed by atoms with Crippen LogP contribution in [0.5, 0.6) is 0 Å². The normalized spacial score (nSPS) is 14.8. The van der Waals surface area contributed by atoms with Crippen LogP contribution in [0.2, 0.25) is 0 Å². The van der Waals surface area contributed by atoms with Gasteiger partial charge in [0.2, 0.25) is 11.8 Å². The van der Waals surface area contributed by atoms with Crippen molar-refractivity contribution in [2.24, 2.45) is 4.99 Å². The average molecular weight is 405 g/mol. The van der Waals surface area contributed by atoms with E-state index in [2.05, 4.69) is 17.6 Å². The summed E-state index contributed by atoms with van der Waals surface area (Å²) in [5.41, 5.74) is 3.03. The van der Waals surface area contributed by atoms with Crippen molar-refractivity contribution >= 4 is 45.0 Å². The molecule has 7 heteroatoms. The maximum absolute atomic E-state index is 12.7. The van der Waals surface area contributed by atoms with Gasteiger partial charge in [0.25, 0.3) is 5.91 Å². The number of anilines is 1. The van der Waals surface area contributed by atoms with Crippen LogP contribution in [0.3, 0.4) is 0 Å². The first-order chi connectivity index (χ1) is 14.0. The Balaban J connectivity index is 1.69. The molecule has 29 heavy (non-hydrogen) atoms. The molecule has 0 saturated carbocycles. The Morgan fingerprint density at radius 1 is 1.14 bits per heavy atom. The molecular weight excluding hydrogens is 386 g/mol. The lowest BCUT2D eigenvalue weighted by Gasteiger charge is -2.13. The van der Waals surface area contributed by atoms with Gasteiger partial charge in [-0.05, 0) is 48.9 Å². The third-order valence-electron chi connectivity index (χ3n) is 4.77. The van der Waals surface area contributed by atoms with Crippen LogP contribution in [0.1, 0.15) is 28.8 Å². The van der Waals surface area contributed by atoms with Crippen LogP contribution in [0.25, 0.3) is 10.2 Å². The van der Waals surface area contributed by atoms with Crippen LogP contribution in [0, 0.1) is 6.92 Å². The zero-order valence-electron chi connectivity index (χ0n) is 15.9. The van der Waals surface area contributed by atoms with Crippen LogP contribution < -0.4 is 9.70 Å². The standard InChI is InChI=1S/C22H19N3O3S/c1-3-12-24-17-9-4-14(2)13-18(17)29-22(24)23-21(28)15-5-7-16(8-6-15)25-19(26)10-11-20(25)27/h3-9,13H,1,10-12H2,2H3. The summed E-state index contributed by atoms with van der Waals surface area (Å²) in [5.74, 6) is -0.814. The summed E-state index contributed by atoms with van der Waals surface area (Å²) >= 11 is 1.46. The predicted octanol–water partition coefficient (Wildman–Crippen LogP) is 3.59. The van der Waals surface area contributed by atoms with Crippen molar-refractivity contribution in [1.29, 1.82) is 0 Å². The number of rotatable bonds is 4. The third kappa shape index (κ3) is 3.56. The molecule has 1 aliphatic heterocycles. The fourth-order valence-electron chi connectivity index (χ4n) is 3.34. The summed E-state index contributed by atoms with van der Waals surface area (Å²) in [7, 11) is 0. The maximum atomic E-state index is 12.7. The Morgan fingerprint density at radius 2 is 1.83 bits per heavy atom. The molecule has 0 bridgehead atoms. The van der Waals surface area contributed by atoms with Gasteiger partial charge in [0.05, 0.1) is 15.9 Å². The lowest BCUT2D eigenvalue weighted by molar-refractivity contribution is -0.121. The number of carbonyl (C=O) groups excluding carboxylic acids is 3.